The Bertz CT molecular complexity index is 1620. The highest BCUT2D eigenvalue weighted by atomic mass is 19.4. The van der Waals surface area contributed by atoms with E-state index in [9.17, 15) is 22.8 Å². The summed E-state index contributed by atoms with van der Waals surface area (Å²) in [6.07, 6.45) is -5.02. The van der Waals surface area contributed by atoms with Crippen LogP contribution >= 0.6 is 0 Å². The van der Waals surface area contributed by atoms with E-state index in [1.165, 1.54) is 36.4 Å². The molecular formula is C27H15F3O5. The average Bonchev–Trinajstić information content (AvgIpc) is 2.85. The number of fused-ring (bicyclic) bond motifs is 2. The van der Waals surface area contributed by atoms with Crippen molar-refractivity contribution in [3.05, 3.63) is 113 Å². The number of alkyl halides is 3. The van der Waals surface area contributed by atoms with Gasteiger partial charge in [0, 0.05) is 6.07 Å². The highest BCUT2D eigenvalue weighted by molar-refractivity contribution is 5.91. The third kappa shape index (κ3) is 4.46. The minimum atomic E-state index is -5.02. The fourth-order valence-electron chi connectivity index (χ4n) is 3.59. The zero-order chi connectivity index (χ0) is 24.6. The van der Waals surface area contributed by atoms with Crippen LogP contribution in [0.5, 0.6) is 17.2 Å². The molecule has 0 bridgehead atoms. The van der Waals surface area contributed by atoms with Gasteiger partial charge in [0.1, 0.15) is 17.1 Å². The van der Waals surface area contributed by atoms with Gasteiger partial charge in [0.2, 0.25) is 11.2 Å². The number of benzene rings is 4. The van der Waals surface area contributed by atoms with Gasteiger partial charge < -0.3 is 13.9 Å². The van der Waals surface area contributed by atoms with Crippen LogP contribution in [-0.4, -0.2) is 5.97 Å². The second-order valence-corrected chi connectivity index (χ2v) is 7.61. The first kappa shape index (κ1) is 22.2. The van der Waals surface area contributed by atoms with E-state index in [4.69, 9.17) is 13.9 Å². The van der Waals surface area contributed by atoms with E-state index < -0.39 is 34.7 Å². The molecule has 0 aliphatic heterocycles. The van der Waals surface area contributed by atoms with Gasteiger partial charge in [-0.05, 0) is 47.2 Å². The molecular weight excluding hydrogens is 461 g/mol. The lowest BCUT2D eigenvalue weighted by atomic mass is 10.1. The summed E-state index contributed by atoms with van der Waals surface area (Å²) in [4.78, 5) is 25.3. The van der Waals surface area contributed by atoms with Gasteiger partial charge in [-0.3, -0.25) is 4.79 Å². The van der Waals surface area contributed by atoms with Crippen LogP contribution in [0.1, 0.15) is 16.1 Å². The smallest absolute Gasteiger partial charge is 0.449 e. The fourth-order valence-corrected chi connectivity index (χ4v) is 3.59. The van der Waals surface area contributed by atoms with Crippen LogP contribution in [0, 0.1) is 0 Å². The zero-order valence-electron chi connectivity index (χ0n) is 17.8. The molecule has 1 heterocycles. The second kappa shape index (κ2) is 8.64. The largest absolute Gasteiger partial charge is 0.453 e. The molecule has 5 nitrogen and oxygen atoms in total. The Balaban J connectivity index is 1.56. The van der Waals surface area contributed by atoms with E-state index >= 15 is 0 Å². The lowest BCUT2D eigenvalue weighted by molar-refractivity contribution is -0.154. The lowest BCUT2D eigenvalue weighted by Crippen LogP contribution is -2.15. The standard InChI is InChI=1S/C27H15F3O5/c28-27(29,30)25-24(33-19-11-10-16-6-4-5-9-18(16)14-19)23(31)21-13-12-20(15-22(21)35-25)34-26(32)17-7-2-1-3-8-17/h1-15H. The fraction of sp³-hybridized carbons (Fsp3) is 0.0370. The minimum Gasteiger partial charge on any atom is -0.449 e. The van der Waals surface area contributed by atoms with Crippen LogP contribution in [0.3, 0.4) is 0 Å². The molecule has 4 aromatic carbocycles. The second-order valence-electron chi connectivity index (χ2n) is 7.61. The summed E-state index contributed by atoms with van der Waals surface area (Å²) in [6, 6.07) is 23.5. The van der Waals surface area contributed by atoms with Crippen molar-refractivity contribution in [2.75, 3.05) is 0 Å². The zero-order valence-corrected chi connectivity index (χ0v) is 17.8. The monoisotopic (exact) mass is 476 g/mol. The Labute approximate surface area is 195 Å². The van der Waals surface area contributed by atoms with Gasteiger partial charge in [-0.1, -0.05) is 48.5 Å². The SMILES string of the molecule is O=C(Oc1ccc2c(=O)c(Oc3ccc4ccccc4c3)c(C(F)(F)F)oc2c1)c1ccccc1. The molecule has 0 N–H and O–H groups in total. The molecule has 0 spiro atoms. The number of rotatable bonds is 4. The van der Waals surface area contributed by atoms with Crippen molar-refractivity contribution in [1.29, 1.82) is 0 Å². The molecule has 0 saturated heterocycles. The summed E-state index contributed by atoms with van der Waals surface area (Å²) in [5.41, 5.74) is -1.15. The molecule has 5 rings (SSSR count). The highest BCUT2D eigenvalue weighted by Gasteiger charge is 2.40. The van der Waals surface area contributed by atoms with Crippen molar-refractivity contribution in [2.45, 2.75) is 6.18 Å². The van der Waals surface area contributed by atoms with E-state index in [0.29, 0.717) is 0 Å². The maximum Gasteiger partial charge on any atom is 0.453 e. The van der Waals surface area contributed by atoms with Crippen molar-refractivity contribution >= 4 is 27.7 Å². The number of carbonyl (C=O) groups excluding carboxylic acids is 1. The third-order valence-corrected chi connectivity index (χ3v) is 5.24. The van der Waals surface area contributed by atoms with Gasteiger partial charge in [0.15, 0.2) is 0 Å². The van der Waals surface area contributed by atoms with Gasteiger partial charge in [-0.25, -0.2) is 4.79 Å². The first-order valence-electron chi connectivity index (χ1n) is 10.4. The first-order chi connectivity index (χ1) is 16.8. The molecule has 0 amide bonds. The normalized spacial score (nSPS) is 11.5. The highest BCUT2D eigenvalue weighted by Crippen LogP contribution is 2.39. The van der Waals surface area contributed by atoms with Crippen LogP contribution in [0.4, 0.5) is 13.2 Å². The molecule has 1 aromatic heterocycles. The Morgan fingerprint density at radius 3 is 2.20 bits per heavy atom. The van der Waals surface area contributed by atoms with E-state index in [1.54, 1.807) is 36.4 Å². The molecule has 8 heteroatoms. The number of ether oxygens (including phenoxy) is 2. The van der Waals surface area contributed by atoms with Gasteiger partial charge in [-0.15, -0.1) is 0 Å². The van der Waals surface area contributed by atoms with E-state index in [0.717, 1.165) is 16.8 Å². The maximum absolute atomic E-state index is 13.8. The molecule has 0 unspecified atom stereocenters. The molecule has 0 fully saturated rings. The van der Waals surface area contributed by atoms with Crippen molar-refractivity contribution in [3.8, 4) is 17.2 Å². The van der Waals surface area contributed by atoms with Crippen LogP contribution in [0.2, 0.25) is 0 Å². The number of hydrogen-bond donors (Lipinski definition) is 0. The topological polar surface area (TPSA) is 65.7 Å². The Hall–Kier alpha value is -4.59. The molecule has 0 radical (unpaired) electrons. The Morgan fingerprint density at radius 1 is 0.771 bits per heavy atom. The number of hydrogen-bond acceptors (Lipinski definition) is 5. The van der Waals surface area contributed by atoms with E-state index in [1.807, 2.05) is 12.1 Å². The first-order valence-corrected chi connectivity index (χ1v) is 10.4. The third-order valence-electron chi connectivity index (χ3n) is 5.24. The Kier molecular flexibility index (Phi) is 5.49. The predicted molar refractivity (Wildman–Crippen MR) is 123 cm³/mol. The van der Waals surface area contributed by atoms with Crippen molar-refractivity contribution in [2.24, 2.45) is 0 Å². The van der Waals surface area contributed by atoms with Crippen LogP contribution < -0.4 is 14.9 Å². The molecule has 5 aromatic rings. The minimum absolute atomic E-state index is 0.0502. The van der Waals surface area contributed by atoms with Crippen molar-refractivity contribution in [3.63, 3.8) is 0 Å². The van der Waals surface area contributed by atoms with Gasteiger partial charge in [0.25, 0.3) is 5.76 Å². The number of carbonyl (C=O) groups is 1. The molecule has 0 atom stereocenters. The van der Waals surface area contributed by atoms with Crippen molar-refractivity contribution < 1.29 is 31.9 Å². The van der Waals surface area contributed by atoms with Gasteiger partial charge in [-0.2, -0.15) is 13.2 Å². The summed E-state index contributed by atoms with van der Waals surface area (Å²) in [5, 5.41) is 1.43. The molecule has 174 valence electrons. The van der Waals surface area contributed by atoms with Crippen LogP contribution in [-0.2, 0) is 6.18 Å². The average molecular weight is 476 g/mol. The van der Waals surface area contributed by atoms with E-state index in [-0.39, 0.29) is 22.4 Å². The lowest BCUT2D eigenvalue weighted by Gasteiger charge is -2.14. The molecule has 0 aliphatic carbocycles. The number of halogens is 3. The van der Waals surface area contributed by atoms with E-state index in [2.05, 4.69) is 0 Å². The molecule has 0 aliphatic rings. The molecule has 0 saturated carbocycles. The van der Waals surface area contributed by atoms with Gasteiger partial charge >= 0.3 is 12.1 Å². The van der Waals surface area contributed by atoms with Crippen LogP contribution in [0.15, 0.2) is 100 Å². The van der Waals surface area contributed by atoms with Crippen molar-refractivity contribution in [1.82, 2.24) is 0 Å². The maximum atomic E-state index is 13.8. The summed E-state index contributed by atoms with van der Waals surface area (Å²) in [7, 11) is 0. The summed E-state index contributed by atoms with van der Waals surface area (Å²) in [5.74, 6) is -3.30. The predicted octanol–water partition coefficient (Wildman–Crippen LogP) is 6.98. The summed E-state index contributed by atoms with van der Waals surface area (Å²) in [6.45, 7) is 0. The summed E-state index contributed by atoms with van der Waals surface area (Å²) >= 11 is 0. The number of esters is 1. The van der Waals surface area contributed by atoms with Crippen LogP contribution in [0.25, 0.3) is 21.7 Å². The van der Waals surface area contributed by atoms with Gasteiger partial charge in [0.05, 0.1) is 10.9 Å². The quantitative estimate of drug-likeness (QED) is 0.207. The summed E-state index contributed by atoms with van der Waals surface area (Å²) < 4.78 is 57.3. The Morgan fingerprint density at radius 2 is 1.46 bits per heavy atom. The molecule has 35 heavy (non-hydrogen) atoms.